The number of hydrazone groups is 1. The lowest BCUT2D eigenvalue weighted by atomic mass is 10.1. The fourth-order valence-corrected chi connectivity index (χ4v) is 3.31. The van der Waals surface area contributed by atoms with Gasteiger partial charge in [0.1, 0.15) is 0 Å². The van der Waals surface area contributed by atoms with Crippen LogP contribution < -0.4 is 16.1 Å². The molecule has 140 valence electrons. The van der Waals surface area contributed by atoms with E-state index in [1.807, 2.05) is 28.9 Å². The summed E-state index contributed by atoms with van der Waals surface area (Å²) >= 11 is 0. The van der Waals surface area contributed by atoms with Crippen molar-refractivity contribution in [3.63, 3.8) is 0 Å². The van der Waals surface area contributed by atoms with E-state index in [0.29, 0.717) is 24.2 Å². The van der Waals surface area contributed by atoms with Crippen molar-refractivity contribution in [2.75, 3.05) is 11.9 Å². The summed E-state index contributed by atoms with van der Waals surface area (Å²) in [6, 6.07) is 9.46. The second-order valence-electron chi connectivity index (χ2n) is 6.78. The van der Waals surface area contributed by atoms with Gasteiger partial charge in [-0.05, 0) is 31.2 Å². The number of aromatic nitrogens is 2. The number of anilines is 1. The molecule has 0 saturated carbocycles. The highest BCUT2D eigenvalue weighted by atomic mass is 16.2. The van der Waals surface area contributed by atoms with Crippen LogP contribution in [0, 0.1) is 0 Å². The fourth-order valence-electron chi connectivity index (χ4n) is 3.31. The minimum Gasteiger partial charge on any atom is -0.326 e. The Balaban J connectivity index is 1.34. The zero-order valence-electron chi connectivity index (χ0n) is 15.0. The predicted molar refractivity (Wildman–Crippen MR) is 101 cm³/mol. The van der Waals surface area contributed by atoms with Crippen LogP contribution in [0.1, 0.15) is 36.2 Å². The third-order valence-electron chi connectivity index (χ3n) is 4.67. The minimum atomic E-state index is -0.117. The highest BCUT2D eigenvalue weighted by Crippen LogP contribution is 2.16. The van der Waals surface area contributed by atoms with Crippen molar-refractivity contribution in [2.45, 2.75) is 38.8 Å². The van der Waals surface area contributed by atoms with Crippen LogP contribution >= 0.6 is 0 Å². The lowest BCUT2D eigenvalue weighted by Gasteiger charge is -2.07. The minimum absolute atomic E-state index is 0.0592. The molecule has 8 nitrogen and oxygen atoms in total. The first-order valence-corrected chi connectivity index (χ1v) is 9.19. The number of hydrogen-bond donors (Lipinski definition) is 3. The maximum atomic E-state index is 12.3. The van der Waals surface area contributed by atoms with Crippen LogP contribution in [-0.4, -0.2) is 33.9 Å². The van der Waals surface area contributed by atoms with Crippen molar-refractivity contribution < 1.29 is 9.59 Å². The third kappa shape index (κ3) is 4.22. The Bertz CT molecular complexity index is 878. The summed E-state index contributed by atoms with van der Waals surface area (Å²) in [6.07, 6.45) is 2.31. The first-order chi connectivity index (χ1) is 13.2. The van der Waals surface area contributed by atoms with E-state index in [9.17, 15) is 9.59 Å². The Hall–Kier alpha value is -3.00. The van der Waals surface area contributed by atoms with Crippen LogP contribution in [0.15, 0.2) is 35.4 Å². The van der Waals surface area contributed by atoms with Gasteiger partial charge in [-0.15, -0.1) is 0 Å². The van der Waals surface area contributed by atoms with Gasteiger partial charge in [0, 0.05) is 37.2 Å². The average Bonchev–Trinajstić information content (AvgIpc) is 3.20. The molecule has 0 aliphatic carbocycles. The Morgan fingerprint density at radius 1 is 1.30 bits per heavy atom. The van der Waals surface area contributed by atoms with Crippen molar-refractivity contribution in [1.82, 2.24) is 20.5 Å². The van der Waals surface area contributed by atoms with E-state index in [2.05, 4.69) is 32.3 Å². The number of rotatable bonds is 5. The van der Waals surface area contributed by atoms with Gasteiger partial charge in [-0.2, -0.15) is 10.2 Å². The number of nitrogens with zero attached hydrogens (tertiary/aromatic N) is 3. The quantitative estimate of drug-likeness (QED) is 0.739. The molecule has 2 amide bonds. The molecule has 3 heterocycles. The van der Waals surface area contributed by atoms with Gasteiger partial charge in [0.2, 0.25) is 11.8 Å². The molecule has 0 atom stereocenters. The zero-order valence-corrected chi connectivity index (χ0v) is 15.0. The summed E-state index contributed by atoms with van der Waals surface area (Å²) in [5.41, 5.74) is 6.78. The molecule has 0 fully saturated rings. The van der Waals surface area contributed by atoms with E-state index < -0.39 is 0 Å². The van der Waals surface area contributed by atoms with E-state index in [1.165, 1.54) is 5.69 Å². The average molecular weight is 366 g/mol. The highest BCUT2D eigenvalue weighted by molar-refractivity contribution is 6.14. The van der Waals surface area contributed by atoms with Gasteiger partial charge in [0.15, 0.2) is 0 Å². The molecule has 0 spiro atoms. The number of hydrogen-bond acceptors (Lipinski definition) is 5. The van der Waals surface area contributed by atoms with Crippen molar-refractivity contribution >= 4 is 23.2 Å². The van der Waals surface area contributed by atoms with E-state index in [1.54, 1.807) is 0 Å². The molecule has 2 aliphatic heterocycles. The second kappa shape index (κ2) is 7.71. The summed E-state index contributed by atoms with van der Waals surface area (Å²) in [4.78, 5) is 23.6. The maximum Gasteiger partial charge on any atom is 0.246 e. The molecule has 1 aromatic carbocycles. The molecule has 4 rings (SSSR count). The number of fused-ring (bicyclic) bond motifs is 1. The first kappa shape index (κ1) is 17.4. The molecule has 3 N–H and O–H groups in total. The lowest BCUT2D eigenvalue weighted by Crippen LogP contribution is -2.13. The monoisotopic (exact) mass is 366 g/mol. The van der Waals surface area contributed by atoms with Crippen LogP contribution in [0.5, 0.6) is 0 Å². The van der Waals surface area contributed by atoms with Crippen LogP contribution in [0.25, 0.3) is 0 Å². The van der Waals surface area contributed by atoms with E-state index in [-0.39, 0.29) is 18.2 Å². The lowest BCUT2D eigenvalue weighted by molar-refractivity contribution is -0.119. The summed E-state index contributed by atoms with van der Waals surface area (Å²) in [5.74, 6) is -0.177. The second-order valence-corrected chi connectivity index (χ2v) is 6.78. The SMILES string of the molecule is O=C1CC(c2cccc(NC(=O)CCc3cc4n(n3)CCCNC4)c2)=NN1. The number of carbonyl (C=O) groups is 2. The third-order valence-corrected chi connectivity index (χ3v) is 4.67. The molecule has 0 unspecified atom stereocenters. The molecule has 0 bridgehead atoms. The van der Waals surface area contributed by atoms with E-state index in [4.69, 9.17) is 0 Å². The molecular formula is C19H22N6O2. The van der Waals surface area contributed by atoms with Gasteiger partial charge < -0.3 is 10.6 Å². The van der Waals surface area contributed by atoms with Gasteiger partial charge in [-0.3, -0.25) is 14.3 Å². The van der Waals surface area contributed by atoms with Gasteiger partial charge in [0.25, 0.3) is 0 Å². The van der Waals surface area contributed by atoms with Gasteiger partial charge in [-0.25, -0.2) is 5.43 Å². The van der Waals surface area contributed by atoms with Crippen molar-refractivity contribution in [3.8, 4) is 0 Å². The Morgan fingerprint density at radius 3 is 3.07 bits per heavy atom. The summed E-state index contributed by atoms with van der Waals surface area (Å²) in [7, 11) is 0. The van der Waals surface area contributed by atoms with E-state index in [0.717, 1.165) is 37.3 Å². The maximum absolute atomic E-state index is 12.3. The predicted octanol–water partition coefficient (Wildman–Crippen LogP) is 1.17. The normalized spacial score (nSPS) is 16.3. The number of amides is 2. The number of nitrogens with one attached hydrogen (secondary N) is 3. The topological polar surface area (TPSA) is 100 Å². The molecule has 2 aliphatic rings. The van der Waals surface area contributed by atoms with Crippen molar-refractivity contribution in [2.24, 2.45) is 5.10 Å². The summed E-state index contributed by atoms with van der Waals surface area (Å²) in [5, 5.41) is 14.9. The van der Waals surface area contributed by atoms with Crippen LogP contribution in [0.2, 0.25) is 0 Å². The van der Waals surface area contributed by atoms with Crippen molar-refractivity contribution in [3.05, 3.63) is 47.3 Å². The smallest absolute Gasteiger partial charge is 0.246 e. The summed E-state index contributed by atoms with van der Waals surface area (Å²) < 4.78 is 2.04. The largest absolute Gasteiger partial charge is 0.326 e. The standard InChI is InChI=1S/C19H22N6O2/c26-18(6-5-15-10-16-12-20-7-2-8-25(16)24-15)21-14-4-1-3-13(9-14)17-11-19(27)23-22-17/h1,3-4,9-10,20H,2,5-8,11-12H2,(H,21,26)(H,23,27). The molecule has 8 heteroatoms. The number of aryl methyl sites for hydroxylation is 2. The van der Waals surface area contributed by atoms with Gasteiger partial charge >= 0.3 is 0 Å². The number of carbonyl (C=O) groups excluding carboxylic acids is 2. The molecule has 2 aromatic rings. The molecule has 0 saturated heterocycles. The van der Waals surface area contributed by atoms with Crippen LogP contribution in [0.3, 0.4) is 0 Å². The molecular weight excluding hydrogens is 344 g/mol. The Kier molecular flexibility index (Phi) is 4.97. The zero-order chi connectivity index (χ0) is 18.6. The van der Waals surface area contributed by atoms with Crippen LogP contribution in [-0.2, 0) is 29.1 Å². The van der Waals surface area contributed by atoms with Crippen LogP contribution in [0.4, 0.5) is 5.69 Å². The number of benzene rings is 1. The van der Waals surface area contributed by atoms with Gasteiger partial charge in [-0.1, -0.05) is 12.1 Å². The Morgan fingerprint density at radius 2 is 2.22 bits per heavy atom. The first-order valence-electron chi connectivity index (χ1n) is 9.19. The summed E-state index contributed by atoms with van der Waals surface area (Å²) in [6.45, 7) is 2.76. The molecule has 27 heavy (non-hydrogen) atoms. The molecule has 1 aromatic heterocycles. The van der Waals surface area contributed by atoms with Crippen molar-refractivity contribution in [1.29, 1.82) is 0 Å². The molecule has 0 radical (unpaired) electrons. The Labute approximate surface area is 157 Å². The fraction of sp³-hybridized carbons (Fsp3) is 0.368. The highest BCUT2D eigenvalue weighted by Gasteiger charge is 2.17. The van der Waals surface area contributed by atoms with E-state index >= 15 is 0 Å². The van der Waals surface area contributed by atoms with Gasteiger partial charge in [0.05, 0.1) is 23.5 Å².